The number of anilines is 1. The number of benzene rings is 1. The second-order valence-corrected chi connectivity index (χ2v) is 6.56. The summed E-state index contributed by atoms with van der Waals surface area (Å²) in [7, 11) is 0. The first-order valence-electron chi connectivity index (χ1n) is 9.99. The van der Waals surface area contributed by atoms with Crippen molar-refractivity contribution >= 4 is 17.8 Å². The molecule has 0 heterocycles. The van der Waals surface area contributed by atoms with E-state index in [1.54, 1.807) is 0 Å². The maximum atomic E-state index is 12.0. The zero-order chi connectivity index (χ0) is 19.9. The van der Waals surface area contributed by atoms with Crippen molar-refractivity contribution in [2.24, 2.45) is 0 Å². The Morgan fingerprint density at radius 2 is 1.44 bits per heavy atom. The van der Waals surface area contributed by atoms with E-state index >= 15 is 0 Å². The fraction of sp³-hybridized carbons (Fsp3) is 0.619. The lowest BCUT2D eigenvalue weighted by Gasteiger charge is -2.10. The normalized spacial score (nSPS) is 10.4. The van der Waals surface area contributed by atoms with Gasteiger partial charge in [-0.1, -0.05) is 58.8 Å². The largest absolute Gasteiger partial charge is 0.513 e. The lowest BCUT2D eigenvalue weighted by Crippen LogP contribution is -2.13. The van der Waals surface area contributed by atoms with Crippen LogP contribution in [-0.4, -0.2) is 25.3 Å². The highest BCUT2D eigenvalue weighted by Crippen LogP contribution is 2.23. The van der Waals surface area contributed by atoms with Gasteiger partial charge in [0.1, 0.15) is 0 Å². The average Bonchev–Trinajstić information content (AvgIpc) is 2.65. The SMILES string of the molecule is CCCCCCCOC(=O)c1ccc(OC(=O)OCCCCCC)c(N)c1. The summed E-state index contributed by atoms with van der Waals surface area (Å²) in [5, 5.41) is 0. The van der Waals surface area contributed by atoms with Crippen LogP contribution in [0.25, 0.3) is 0 Å². The number of nitrogen functional groups attached to an aromatic ring is 1. The third kappa shape index (κ3) is 9.87. The Kier molecular flexibility index (Phi) is 11.7. The van der Waals surface area contributed by atoms with Crippen LogP contribution in [0.4, 0.5) is 10.5 Å². The number of carbonyl (C=O) groups excluding carboxylic acids is 2. The molecule has 152 valence electrons. The molecule has 0 saturated heterocycles. The molecular formula is C21H33NO5. The number of unbranched alkanes of at least 4 members (excludes halogenated alkanes) is 7. The summed E-state index contributed by atoms with van der Waals surface area (Å²) < 4.78 is 15.3. The van der Waals surface area contributed by atoms with Gasteiger partial charge in [0, 0.05) is 0 Å². The molecule has 0 unspecified atom stereocenters. The summed E-state index contributed by atoms with van der Waals surface area (Å²) in [5.74, 6) is -0.257. The highest BCUT2D eigenvalue weighted by molar-refractivity contribution is 5.91. The minimum atomic E-state index is -0.791. The Morgan fingerprint density at radius 1 is 0.852 bits per heavy atom. The van der Waals surface area contributed by atoms with Crippen molar-refractivity contribution in [1.82, 2.24) is 0 Å². The molecule has 0 aliphatic carbocycles. The molecule has 1 aromatic carbocycles. The van der Waals surface area contributed by atoms with Crippen molar-refractivity contribution in [3.63, 3.8) is 0 Å². The topological polar surface area (TPSA) is 87.8 Å². The zero-order valence-electron chi connectivity index (χ0n) is 16.6. The van der Waals surface area contributed by atoms with Gasteiger partial charge in [0.2, 0.25) is 0 Å². The first-order valence-corrected chi connectivity index (χ1v) is 9.99. The number of carbonyl (C=O) groups is 2. The molecular weight excluding hydrogens is 346 g/mol. The van der Waals surface area contributed by atoms with Crippen LogP contribution in [0.15, 0.2) is 18.2 Å². The summed E-state index contributed by atoms with van der Waals surface area (Å²) >= 11 is 0. The third-order valence-electron chi connectivity index (χ3n) is 4.14. The van der Waals surface area contributed by atoms with Crippen LogP contribution in [0.3, 0.4) is 0 Å². The molecule has 0 fully saturated rings. The van der Waals surface area contributed by atoms with E-state index in [1.807, 2.05) is 0 Å². The van der Waals surface area contributed by atoms with Gasteiger partial charge in [-0.15, -0.1) is 0 Å². The van der Waals surface area contributed by atoms with Gasteiger partial charge in [-0.25, -0.2) is 9.59 Å². The predicted molar refractivity (Wildman–Crippen MR) is 106 cm³/mol. The van der Waals surface area contributed by atoms with E-state index in [0.717, 1.165) is 44.9 Å². The van der Waals surface area contributed by atoms with Crippen molar-refractivity contribution in [2.75, 3.05) is 18.9 Å². The Bertz CT molecular complexity index is 574. The maximum absolute atomic E-state index is 12.0. The number of hydrogen-bond donors (Lipinski definition) is 1. The Morgan fingerprint density at radius 3 is 2.07 bits per heavy atom. The quantitative estimate of drug-likeness (QED) is 0.211. The Balaban J connectivity index is 2.37. The van der Waals surface area contributed by atoms with Gasteiger partial charge in [-0.3, -0.25) is 0 Å². The standard InChI is InChI=1S/C21H33NO5/c1-3-5-7-9-11-14-25-20(23)17-12-13-19(18(22)16-17)27-21(24)26-15-10-8-6-4-2/h12-13,16H,3-11,14-15,22H2,1-2H3. The van der Waals surface area contributed by atoms with Crippen molar-refractivity contribution in [2.45, 2.75) is 71.6 Å². The van der Waals surface area contributed by atoms with Gasteiger partial charge in [0.05, 0.1) is 24.5 Å². The molecule has 0 aromatic heterocycles. The average molecular weight is 379 g/mol. The van der Waals surface area contributed by atoms with E-state index in [1.165, 1.54) is 31.0 Å². The summed E-state index contributed by atoms with van der Waals surface area (Å²) in [6.45, 7) is 4.99. The summed E-state index contributed by atoms with van der Waals surface area (Å²) in [4.78, 5) is 23.7. The number of esters is 1. The summed E-state index contributed by atoms with van der Waals surface area (Å²) in [6, 6.07) is 4.45. The second kappa shape index (κ2) is 13.9. The van der Waals surface area contributed by atoms with E-state index in [0.29, 0.717) is 18.8 Å². The molecule has 0 aliphatic rings. The van der Waals surface area contributed by atoms with Gasteiger partial charge in [-0.2, -0.15) is 0 Å². The fourth-order valence-corrected chi connectivity index (χ4v) is 2.53. The molecule has 0 atom stereocenters. The van der Waals surface area contributed by atoms with E-state index < -0.39 is 12.1 Å². The van der Waals surface area contributed by atoms with Crippen LogP contribution in [0, 0.1) is 0 Å². The molecule has 0 amide bonds. The maximum Gasteiger partial charge on any atom is 0.513 e. The number of nitrogens with two attached hydrogens (primary N) is 1. The molecule has 1 rings (SSSR count). The minimum Gasteiger partial charge on any atom is -0.462 e. The predicted octanol–water partition coefficient (Wildman–Crippen LogP) is 5.49. The lowest BCUT2D eigenvalue weighted by atomic mass is 10.1. The molecule has 1 aromatic rings. The highest BCUT2D eigenvalue weighted by Gasteiger charge is 2.13. The van der Waals surface area contributed by atoms with Crippen LogP contribution < -0.4 is 10.5 Å². The van der Waals surface area contributed by atoms with Crippen LogP contribution in [0.5, 0.6) is 5.75 Å². The van der Waals surface area contributed by atoms with Crippen molar-refractivity contribution in [1.29, 1.82) is 0 Å². The van der Waals surface area contributed by atoms with Crippen LogP contribution >= 0.6 is 0 Å². The summed E-state index contributed by atoms with van der Waals surface area (Å²) in [5.41, 5.74) is 6.40. The molecule has 0 spiro atoms. The first kappa shape index (κ1) is 22.8. The molecule has 2 N–H and O–H groups in total. The van der Waals surface area contributed by atoms with Gasteiger partial charge in [0.15, 0.2) is 5.75 Å². The molecule has 27 heavy (non-hydrogen) atoms. The fourth-order valence-electron chi connectivity index (χ4n) is 2.53. The molecule has 6 nitrogen and oxygen atoms in total. The van der Waals surface area contributed by atoms with Gasteiger partial charge >= 0.3 is 12.1 Å². The zero-order valence-corrected chi connectivity index (χ0v) is 16.6. The first-order chi connectivity index (χ1) is 13.1. The number of ether oxygens (including phenoxy) is 3. The molecule has 0 bridgehead atoms. The van der Waals surface area contributed by atoms with E-state index in [-0.39, 0.29) is 11.4 Å². The van der Waals surface area contributed by atoms with E-state index in [2.05, 4.69) is 13.8 Å². The van der Waals surface area contributed by atoms with Gasteiger partial charge in [0.25, 0.3) is 0 Å². The van der Waals surface area contributed by atoms with E-state index in [9.17, 15) is 9.59 Å². The number of rotatable bonds is 13. The van der Waals surface area contributed by atoms with Crippen molar-refractivity contribution in [3.8, 4) is 5.75 Å². The second-order valence-electron chi connectivity index (χ2n) is 6.56. The van der Waals surface area contributed by atoms with Gasteiger partial charge < -0.3 is 19.9 Å². The molecule has 0 aliphatic heterocycles. The lowest BCUT2D eigenvalue weighted by molar-refractivity contribution is 0.0497. The van der Waals surface area contributed by atoms with Crippen molar-refractivity contribution < 1.29 is 23.8 Å². The Hall–Kier alpha value is -2.24. The monoisotopic (exact) mass is 379 g/mol. The molecule has 6 heteroatoms. The van der Waals surface area contributed by atoms with Crippen molar-refractivity contribution in [3.05, 3.63) is 23.8 Å². The van der Waals surface area contributed by atoms with Gasteiger partial charge in [-0.05, 0) is 31.0 Å². The molecule has 0 saturated carbocycles. The number of hydrogen-bond acceptors (Lipinski definition) is 6. The smallest absolute Gasteiger partial charge is 0.462 e. The molecule has 0 radical (unpaired) electrons. The highest BCUT2D eigenvalue weighted by atomic mass is 16.7. The van der Waals surface area contributed by atoms with Crippen LogP contribution in [-0.2, 0) is 9.47 Å². The Labute approximate surface area is 162 Å². The van der Waals surface area contributed by atoms with Crippen LogP contribution in [0.2, 0.25) is 0 Å². The minimum absolute atomic E-state index is 0.171. The van der Waals surface area contributed by atoms with Crippen LogP contribution in [0.1, 0.15) is 82.0 Å². The third-order valence-corrected chi connectivity index (χ3v) is 4.14. The summed E-state index contributed by atoms with van der Waals surface area (Å²) in [6.07, 6.45) is 8.71. The van der Waals surface area contributed by atoms with E-state index in [4.69, 9.17) is 19.9 Å².